The Morgan fingerprint density at radius 1 is 1.03 bits per heavy atom. The van der Waals surface area contributed by atoms with E-state index in [4.69, 9.17) is 16.3 Å². The molecule has 182 valence electrons. The lowest BCUT2D eigenvalue weighted by molar-refractivity contribution is -0.118. The summed E-state index contributed by atoms with van der Waals surface area (Å²) in [5.41, 5.74) is 4.46. The highest BCUT2D eigenvalue weighted by molar-refractivity contribution is 7.85. The average Bonchev–Trinajstić information content (AvgIpc) is 2.84. The Hall–Kier alpha value is -3.16. The second-order valence-corrected chi connectivity index (χ2v) is 10.6. The van der Waals surface area contributed by atoms with E-state index in [2.05, 4.69) is 10.2 Å². The third-order valence-corrected chi connectivity index (χ3v) is 7.36. The molecule has 1 amide bonds. The number of halogens is 1. The molecule has 4 rings (SSSR count). The lowest BCUT2D eigenvalue weighted by Crippen LogP contribution is -2.37. The van der Waals surface area contributed by atoms with Crippen LogP contribution in [0.2, 0.25) is 5.02 Å². The van der Waals surface area contributed by atoms with Gasteiger partial charge in [-0.25, -0.2) is 0 Å². The van der Waals surface area contributed by atoms with E-state index in [0.717, 1.165) is 29.9 Å². The van der Waals surface area contributed by atoms with Crippen molar-refractivity contribution in [2.45, 2.75) is 13.8 Å². The van der Waals surface area contributed by atoms with E-state index in [9.17, 15) is 13.8 Å². The Labute approximate surface area is 212 Å². The van der Waals surface area contributed by atoms with E-state index in [0.29, 0.717) is 39.1 Å². The topological polar surface area (TPSA) is 75.7 Å². The minimum absolute atomic E-state index is 0.223. The summed E-state index contributed by atoms with van der Waals surface area (Å²) in [6.45, 7) is 5.11. The summed E-state index contributed by atoms with van der Waals surface area (Å²) >= 11 is 6.14. The Morgan fingerprint density at radius 2 is 1.80 bits per heavy atom. The van der Waals surface area contributed by atoms with Crippen LogP contribution in [0.4, 0.5) is 11.4 Å². The van der Waals surface area contributed by atoms with Crippen LogP contribution in [0.25, 0.3) is 0 Å². The predicted molar refractivity (Wildman–Crippen MR) is 141 cm³/mol. The predicted octanol–water partition coefficient (Wildman–Crippen LogP) is 4.77. The molecule has 35 heavy (non-hydrogen) atoms. The molecule has 0 radical (unpaired) electrons. The number of hydrogen-bond acceptors (Lipinski definition) is 5. The van der Waals surface area contributed by atoms with Crippen LogP contribution in [-0.2, 0) is 15.6 Å². The number of anilines is 2. The molecule has 8 heteroatoms. The highest BCUT2D eigenvalue weighted by Gasteiger charge is 2.18. The number of carbonyl (C=O) groups excluding carboxylic acids is 2. The van der Waals surface area contributed by atoms with Crippen LogP contribution < -0.4 is 15.0 Å². The van der Waals surface area contributed by atoms with Gasteiger partial charge in [0.15, 0.2) is 12.4 Å². The van der Waals surface area contributed by atoms with Crippen molar-refractivity contribution >= 4 is 45.5 Å². The van der Waals surface area contributed by atoms with E-state index in [1.165, 1.54) is 0 Å². The van der Waals surface area contributed by atoms with E-state index in [1.54, 1.807) is 30.3 Å². The number of ether oxygens (including phenoxy) is 1. The molecule has 1 N–H and O–H groups in total. The number of rotatable bonds is 7. The van der Waals surface area contributed by atoms with E-state index < -0.39 is 10.8 Å². The van der Waals surface area contributed by atoms with Gasteiger partial charge in [-0.1, -0.05) is 35.4 Å². The number of nitrogens with one attached hydrogen (secondary N) is 1. The Morgan fingerprint density at radius 3 is 2.51 bits per heavy atom. The van der Waals surface area contributed by atoms with Crippen molar-refractivity contribution in [3.8, 4) is 5.75 Å². The summed E-state index contributed by atoms with van der Waals surface area (Å²) in [5.74, 6) is 1.09. The first kappa shape index (κ1) is 24.9. The maximum atomic E-state index is 13.1. The zero-order valence-electron chi connectivity index (χ0n) is 19.7. The van der Waals surface area contributed by atoms with Crippen LogP contribution in [0.15, 0.2) is 60.7 Å². The van der Waals surface area contributed by atoms with Gasteiger partial charge in [0.2, 0.25) is 0 Å². The standard InChI is InChI=1S/C27H27ClN2O4S/c1-18-4-3-5-20(14-18)27(32)23-16-21(28)6-9-25(23)34-17-26(31)29-24-8-7-22(15-19(24)2)30-10-12-35(33)13-11-30/h3-9,14-16H,10-13,17H2,1-2H3,(H,29,31). The van der Waals surface area contributed by atoms with Gasteiger partial charge in [-0.05, 0) is 61.9 Å². The normalized spacial score (nSPS) is 14.0. The van der Waals surface area contributed by atoms with Crippen molar-refractivity contribution in [1.82, 2.24) is 0 Å². The fraction of sp³-hybridized carbons (Fsp3) is 0.259. The second kappa shape index (κ2) is 11.1. The zero-order chi connectivity index (χ0) is 24.9. The van der Waals surface area contributed by atoms with Crippen molar-refractivity contribution in [3.63, 3.8) is 0 Å². The lowest BCUT2D eigenvalue weighted by atomic mass is 10.0. The van der Waals surface area contributed by atoms with E-state index in [1.807, 2.05) is 44.2 Å². The third-order valence-electron chi connectivity index (χ3n) is 5.85. The van der Waals surface area contributed by atoms with Gasteiger partial charge in [-0.3, -0.25) is 13.8 Å². The lowest BCUT2D eigenvalue weighted by Gasteiger charge is -2.29. The molecule has 0 aliphatic carbocycles. The summed E-state index contributed by atoms with van der Waals surface area (Å²) in [6.07, 6.45) is 0. The van der Waals surface area contributed by atoms with Gasteiger partial charge in [0.05, 0.1) is 5.56 Å². The molecule has 6 nitrogen and oxygen atoms in total. The minimum atomic E-state index is -0.730. The molecular weight excluding hydrogens is 484 g/mol. The van der Waals surface area contributed by atoms with Gasteiger partial charge in [0, 0.05) is 57.4 Å². The van der Waals surface area contributed by atoms with Gasteiger partial charge in [0.1, 0.15) is 5.75 Å². The second-order valence-electron chi connectivity index (χ2n) is 8.51. The first-order valence-corrected chi connectivity index (χ1v) is 13.2. The fourth-order valence-electron chi connectivity index (χ4n) is 3.96. The van der Waals surface area contributed by atoms with Crippen molar-refractivity contribution < 1.29 is 18.5 Å². The van der Waals surface area contributed by atoms with Gasteiger partial charge < -0.3 is 15.0 Å². The molecule has 3 aromatic rings. The number of nitrogens with zero attached hydrogens (tertiary/aromatic N) is 1. The smallest absolute Gasteiger partial charge is 0.262 e. The molecule has 3 aromatic carbocycles. The third kappa shape index (κ3) is 6.29. The van der Waals surface area contributed by atoms with Crippen LogP contribution in [0.1, 0.15) is 27.0 Å². The van der Waals surface area contributed by atoms with Crippen molar-refractivity contribution in [2.24, 2.45) is 0 Å². The molecule has 0 unspecified atom stereocenters. The molecule has 0 bridgehead atoms. The number of benzene rings is 3. The molecule has 0 saturated carbocycles. The number of hydrogen-bond donors (Lipinski definition) is 1. The molecule has 0 aromatic heterocycles. The average molecular weight is 511 g/mol. The van der Waals surface area contributed by atoms with Crippen LogP contribution >= 0.6 is 11.6 Å². The van der Waals surface area contributed by atoms with Crippen LogP contribution in [-0.4, -0.2) is 47.1 Å². The number of carbonyl (C=O) groups is 2. The monoisotopic (exact) mass is 510 g/mol. The number of amides is 1. The van der Waals surface area contributed by atoms with Gasteiger partial charge >= 0.3 is 0 Å². The maximum absolute atomic E-state index is 13.1. The van der Waals surface area contributed by atoms with Crippen LogP contribution in [0, 0.1) is 13.8 Å². The molecule has 0 atom stereocenters. The summed E-state index contributed by atoms with van der Waals surface area (Å²) < 4.78 is 17.3. The Bertz CT molecular complexity index is 1280. The highest BCUT2D eigenvalue weighted by Crippen LogP contribution is 2.27. The SMILES string of the molecule is Cc1cccc(C(=O)c2cc(Cl)ccc2OCC(=O)Nc2ccc(N3CCS(=O)CC3)cc2C)c1. The Kier molecular flexibility index (Phi) is 7.88. The molecule has 1 aliphatic rings. The van der Waals surface area contributed by atoms with E-state index >= 15 is 0 Å². The van der Waals surface area contributed by atoms with Gasteiger partial charge in [-0.2, -0.15) is 0 Å². The summed E-state index contributed by atoms with van der Waals surface area (Å²) in [4.78, 5) is 27.9. The minimum Gasteiger partial charge on any atom is -0.483 e. The maximum Gasteiger partial charge on any atom is 0.262 e. The number of ketones is 1. The van der Waals surface area contributed by atoms with Crippen LogP contribution in [0.3, 0.4) is 0 Å². The van der Waals surface area contributed by atoms with Gasteiger partial charge in [-0.15, -0.1) is 0 Å². The Balaban J connectivity index is 1.42. The molecule has 1 heterocycles. The molecule has 1 saturated heterocycles. The quantitative estimate of drug-likeness (QED) is 0.463. The molecular formula is C27H27ClN2O4S. The first-order valence-electron chi connectivity index (χ1n) is 11.3. The molecule has 1 fully saturated rings. The largest absolute Gasteiger partial charge is 0.483 e. The summed E-state index contributed by atoms with van der Waals surface area (Å²) in [5, 5.41) is 3.29. The summed E-state index contributed by atoms with van der Waals surface area (Å²) in [7, 11) is -0.730. The highest BCUT2D eigenvalue weighted by atomic mass is 35.5. The van der Waals surface area contributed by atoms with Gasteiger partial charge in [0.25, 0.3) is 5.91 Å². The van der Waals surface area contributed by atoms with Crippen molar-refractivity contribution in [1.29, 1.82) is 0 Å². The van der Waals surface area contributed by atoms with Crippen molar-refractivity contribution in [2.75, 3.05) is 41.4 Å². The van der Waals surface area contributed by atoms with E-state index in [-0.39, 0.29) is 18.3 Å². The number of aryl methyl sites for hydroxylation is 2. The molecule has 0 spiro atoms. The summed E-state index contributed by atoms with van der Waals surface area (Å²) in [6, 6.07) is 17.9. The van der Waals surface area contributed by atoms with Crippen molar-refractivity contribution in [3.05, 3.63) is 87.9 Å². The fourth-order valence-corrected chi connectivity index (χ4v) is 5.18. The zero-order valence-corrected chi connectivity index (χ0v) is 21.2. The first-order chi connectivity index (χ1) is 16.8. The van der Waals surface area contributed by atoms with Crippen LogP contribution in [0.5, 0.6) is 5.75 Å². The molecule has 1 aliphatic heterocycles.